The largest absolute Gasteiger partial charge is 0.465 e. The fourth-order valence-corrected chi connectivity index (χ4v) is 2.16. The summed E-state index contributed by atoms with van der Waals surface area (Å²) in [5.74, 6) is 0.249. The topological polar surface area (TPSA) is 80.2 Å². The minimum atomic E-state index is -0.378. The molecule has 1 heterocycles. The monoisotopic (exact) mass is 349 g/mol. The Balaban J connectivity index is 2.39. The van der Waals surface area contributed by atoms with Crippen molar-refractivity contribution < 1.29 is 9.53 Å². The summed E-state index contributed by atoms with van der Waals surface area (Å²) < 4.78 is 5.04. The summed E-state index contributed by atoms with van der Waals surface area (Å²) in [6, 6.07) is 9.45. The lowest BCUT2D eigenvalue weighted by molar-refractivity contribution is -0.141. The lowest BCUT2D eigenvalue weighted by atomic mass is 10.3. The van der Waals surface area contributed by atoms with Crippen LogP contribution >= 0.6 is 11.6 Å². The second kappa shape index (κ2) is 8.44. The van der Waals surface area contributed by atoms with Gasteiger partial charge in [0.05, 0.1) is 6.61 Å². The number of carbonyl (C=O) groups is 1. The van der Waals surface area contributed by atoms with Crippen molar-refractivity contribution in [2.45, 2.75) is 26.8 Å². The number of halogens is 1. The number of hydrogen-bond acceptors (Lipinski definition) is 7. The van der Waals surface area contributed by atoms with Gasteiger partial charge in [-0.15, -0.1) is 0 Å². The average molecular weight is 350 g/mol. The highest BCUT2D eigenvalue weighted by atomic mass is 35.5. The van der Waals surface area contributed by atoms with Gasteiger partial charge in [0.1, 0.15) is 6.54 Å². The fourth-order valence-electron chi connectivity index (χ4n) is 2.00. The molecular formula is C16H20ClN5O2. The van der Waals surface area contributed by atoms with E-state index in [1.807, 2.05) is 44.2 Å². The Bertz CT molecular complexity index is 681. The number of nitrogens with zero attached hydrogens (tertiary/aromatic N) is 4. The molecule has 2 rings (SSSR count). The van der Waals surface area contributed by atoms with Crippen molar-refractivity contribution in [3.05, 3.63) is 35.6 Å². The Morgan fingerprint density at radius 1 is 1.25 bits per heavy atom. The Kier molecular flexibility index (Phi) is 6.31. The SMILES string of the molecule is CCOC(=O)CN(c1ccccc1)c1nc(Cl)nc(NC(C)C)n1. The molecule has 128 valence electrons. The molecular weight excluding hydrogens is 330 g/mol. The Morgan fingerprint density at radius 2 is 1.96 bits per heavy atom. The van der Waals surface area contributed by atoms with E-state index in [0.717, 1.165) is 5.69 Å². The van der Waals surface area contributed by atoms with Gasteiger partial charge in [0.15, 0.2) is 0 Å². The first kappa shape index (κ1) is 17.9. The molecule has 1 N–H and O–H groups in total. The van der Waals surface area contributed by atoms with Crippen molar-refractivity contribution in [3.8, 4) is 0 Å². The molecule has 0 unspecified atom stereocenters. The zero-order chi connectivity index (χ0) is 17.5. The third-order valence-corrected chi connectivity index (χ3v) is 3.08. The highest BCUT2D eigenvalue weighted by Gasteiger charge is 2.19. The number of carbonyl (C=O) groups excluding carboxylic acids is 1. The van der Waals surface area contributed by atoms with Gasteiger partial charge in [-0.1, -0.05) is 18.2 Å². The number of para-hydroxylation sites is 1. The van der Waals surface area contributed by atoms with E-state index in [4.69, 9.17) is 16.3 Å². The molecule has 0 saturated heterocycles. The number of aromatic nitrogens is 3. The first-order chi connectivity index (χ1) is 11.5. The van der Waals surface area contributed by atoms with Crippen molar-refractivity contribution in [1.82, 2.24) is 15.0 Å². The van der Waals surface area contributed by atoms with Crippen molar-refractivity contribution in [2.75, 3.05) is 23.4 Å². The van der Waals surface area contributed by atoms with Crippen LogP contribution in [0, 0.1) is 0 Å². The average Bonchev–Trinajstić information content (AvgIpc) is 2.52. The number of ether oxygens (including phenoxy) is 1. The lowest BCUT2D eigenvalue weighted by Gasteiger charge is -2.22. The van der Waals surface area contributed by atoms with E-state index in [1.54, 1.807) is 11.8 Å². The third-order valence-electron chi connectivity index (χ3n) is 2.92. The molecule has 24 heavy (non-hydrogen) atoms. The van der Waals surface area contributed by atoms with E-state index in [1.165, 1.54) is 0 Å². The molecule has 0 aliphatic rings. The van der Waals surface area contributed by atoms with Gasteiger partial charge in [0.2, 0.25) is 17.2 Å². The van der Waals surface area contributed by atoms with Crippen molar-refractivity contribution >= 4 is 35.2 Å². The zero-order valence-corrected chi connectivity index (χ0v) is 14.6. The minimum Gasteiger partial charge on any atom is -0.465 e. The number of esters is 1. The Hall–Kier alpha value is -2.41. The summed E-state index contributed by atoms with van der Waals surface area (Å²) in [6.07, 6.45) is 0. The molecule has 7 nitrogen and oxygen atoms in total. The summed E-state index contributed by atoms with van der Waals surface area (Å²) in [6.45, 7) is 5.96. The minimum absolute atomic E-state index is 0.0285. The quantitative estimate of drug-likeness (QED) is 0.769. The maximum absolute atomic E-state index is 12.0. The highest BCUT2D eigenvalue weighted by molar-refractivity contribution is 6.28. The lowest BCUT2D eigenvalue weighted by Crippen LogP contribution is -2.29. The van der Waals surface area contributed by atoms with E-state index in [0.29, 0.717) is 12.6 Å². The van der Waals surface area contributed by atoms with Gasteiger partial charge in [-0.2, -0.15) is 15.0 Å². The van der Waals surface area contributed by atoms with Crippen LogP contribution in [0.1, 0.15) is 20.8 Å². The van der Waals surface area contributed by atoms with Gasteiger partial charge < -0.3 is 10.1 Å². The molecule has 0 aliphatic carbocycles. The van der Waals surface area contributed by atoms with Crippen LogP contribution in [0.15, 0.2) is 30.3 Å². The summed E-state index contributed by atoms with van der Waals surface area (Å²) in [4.78, 5) is 26.2. The molecule has 1 aromatic carbocycles. The number of hydrogen-bond donors (Lipinski definition) is 1. The molecule has 8 heteroatoms. The summed E-state index contributed by atoms with van der Waals surface area (Å²) in [7, 11) is 0. The van der Waals surface area contributed by atoms with Crippen LogP contribution in [0.5, 0.6) is 0 Å². The molecule has 1 aromatic heterocycles. The van der Waals surface area contributed by atoms with Crippen LogP contribution in [-0.4, -0.2) is 40.1 Å². The van der Waals surface area contributed by atoms with E-state index < -0.39 is 0 Å². The molecule has 0 saturated carbocycles. The predicted molar refractivity (Wildman–Crippen MR) is 93.7 cm³/mol. The highest BCUT2D eigenvalue weighted by Crippen LogP contribution is 2.23. The summed E-state index contributed by atoms with van der Waals surface area (Å²) in [5.41, 5.74) is 0.753. The smallest absolute Gasteiger partial charge is 0.326 e. The predicted octanol–water partition coefficient (Wildman–Crippen LogP) is 3.05. The van der Waals surface area contributed by atoms with Crippen molar-refractivity contribution in [3.63, 3.8) is 0 Å². The van der Waals surface area contributed by atoms with Crippen LogP contribution in [-0.2, 0) is 9.53 Å². The van der Waals surface area contributed by atoms with Crippen molar-refractivity contribution in [2.24, 2.45) is 0 Å². The zero-order valence-electron chi connectivity index (χ0n) is 13.9. The van der Waals surface area contributed by atoms with Crippen LogP contribution in [0.3, 0.4) is 0 Å². The standard InChI is InChI=1S/C16H20ClN5O2/c1-4-24-13(23)10-22(12-8-6-5-7-9-12)16-20-14(17)19-15(21-16)18-11(2)3/h5-9,11H,4,10H2,1-3H3,(H,18,19,20,21). The van der Waals surface area contributed by atoms with Crippen LogP contribution in [0.2, 0.25) is 5.28 Å². The molecule has 2 aromatic rings. The van der Waals surface area contributed by atoms with Gasteiger partial charge in [0, 0.05) is 11.7 Å². The van der Waals surface area contributed by atoms with E-state index in [2.05, 4.69) is 20.3 Å². The second-order valence-electron chi connectivity index (χ2n) is 5.25. The normalized spacial score (nSPS) is 10.5. The maximum Gasteiger partial charge on any atom is 0.326 e. The van der Waals surface area contributed by atoms with Gasteiger partial charge in [-0.3, -0.25) is 9.69 Å². The van der Waals surface area contributed by atoms with E-state index >= 15 is 0 Å². The summed E-state index contributed by atoms with van der Waals surface area (Å²) in [5, 5.41) is 3.13. The van der Waals surface area contributed by atoms with Crippen LogP contribution < -0.4 is 10.2 Å². The van der Waals surface area contributed by atoms with Crippen molar-refractivity contribution in [1.29, 1.82) is 0 Å². The molecule has 0 spiro atoms. The number of nitrogens with one attached hydrogen (secondary N) is 1. The Labute approximate surface area is 146 Å². The van der Waals surface area contributed by atoms with Gasteiger partial charge in [-0.05, 0) is 44.5 Å². The maximum atomic E-state index is 12.0. The third kappa shape index (κ3) is 5.06. The van der Waals surface area contributed by atoms with Gasteiger partial charge in [-0.25, -0.2) is 0 Å². The molecule has 0 radical (unpaired) electrons. The van der Waals surface area contributed by atoms with Gasteiger partial charge in [0.25, 0.3) is 0 Å². The molecule has 0 fully saturated rings. The second-order valence-corrected chi connectivity index (χ2v) is 5.59. The molecule has 0 atom stereocenters. The summed E-state index contributed by atoms with van der Waals surface area (Å²) >= 11 is 6.02. The number of benzene rings is 1. The van der Waals surface area contributed by atoms with Crippen LogP contribution in [0.25, 0.3) is 0 Å². The molecule has 0 bridgehead atoms. The Morgan fingerprint density at radius 3 is 2.58 bits per heavy atom. The van der Waals surface area contributed by atoms with Crippen LogP contribution in [0.4, 0.5) is 17.6 Å². The fraction of sp³-hybridized carbons (Fsp3) is 0.375. The number of anilines is 3. The van der Waals surface area contributed by atoms with E-state index in [-0.39, 0.29) is 29.8 Å². The first-order valence-corrected chi connectivity index (χ1v) is 8.03. The first-order valence-electron chi connectivity index (χ1n) is 7.66. The molecule has 0 amide bonds. The van der Waals surface area contributed by atoms with Gasteiger partial charge >= 0.3 is 5.97 Å². The molecule has 0 aliphatic heterocycles. The number of rotatable bonds is 7. The van der Waals surface area contributed by atoms with E-state index in [9.17, 15) is 4.79 Å².